The van der Waals surface area contributed by atoms with Crippen molar-refractivity contribution in [3.05, 3.63) is 65.7 Å². The lowest BCUT2D eigenvalue weighted by molar-refractivity contribution is -0.143. The number of aliphatic hydroxyl groups excluding tert-OH is 1. The van der Waals surface area contributed by atoms with E-state index in [1.54, 1.807) is 43.3 Å². The molecular formula is C27H36N4O7. The Kier molecular flexibility index (Phi) is 11.7. The van der Waals surface area contributed by atoms with Crippen molar-refractivity contribution in [2.75, 3.05) is 6.61 Å². The normalized spacial score (nSPS) is 14.8. The van der Waals surface area contributed by atoms with E-state index in [0.717, 1.165) is 11.1 Å². The first kappa shape index (κ1) is 30.3. The zero-order valence-corrected chi connectivity index (χ0v) is 21.5. The van der Waals surface area contributed by atoms with E-state index in [4.69, 9.17) is 5.73 Å². The van der Waals surface area contributed by atoms with Crippen LogP contribution in [-0.2, 0) is 32.0 Å². The third kappa shape index (κ3) is 9.16. The van der Waals surface area contributed by atoms with Crippen molar-refractivity contribution in [2.24, 2.45) is 11.7 Å². The fourth-order valence-electron chi connectivity index (χ4n) is 3.72. The number of hydrogen-bond acceptors (Lipinski definition) is 7. The van der Waals surface area contributed by atoms with Crippen LogP contribution < -0.4 is 21.7 Å². The summed E-state index contributed by atoms with van der Waals surface area (Å²) in [5.41, 5.74) is 7.58. The number of phenolic OH excluding ortho intramolecular Hbond substituents is 1. The second-order valence-electron chi connectivity index (χ2n) is 9.18. The molecule has 0 aliphatic rings. The summed E-state index contributed by atoms with van der Waals surface area (Å²) < 4.78 is 0. The topological polar surface area (TPSA) is 191 Å². The summed E-state index contributed by atoms with van der Waals surface area (Å²) in [6.45, 7) is 2.72. The van der Waals surface area contributed by atoms with Gasteiger partial charge in [-0.25, -0.2) is 4.79 Å². The number of rotatable bonds is 14. The number of aliphatic hydroxyl groups is 1. The molecule has 3 amide bonds. The lowest BCUT2D eigenvalue weighted by Crippen LogP contribution is -2.59. The smallest absolute Gasteiger partial charge is 0.328 e. The summed E-state index contributed by atoms with van der Waals surface area (Å²) in [4.78, 5) is 50.5. The Morgan fingerprint density at radius 1 is 0.816 bits per heavy atom. The van der Waals surface area contributed by atoms with Crippen LogP contribution >= 0.6 is 0 Å². The first-order chi connectivity index (χ1) is 18.0. The molecule has 2 aromatic carbocycles. The second kappa shape index (κ2) is 14.7. The van der Waals surface area contributed by atoms with Crippen LogP contribution in [0.15, 0.2) is 54.6 Å². The zero-order valence-electron chi connectivity index (χ0n) is 21.5. The standard InChI is InChI=1S/C27H36N4O7/c1-3-16(2)23(26(36)30-22(15-32)27(37)38)31-25(35)21(14-17-7-5-4-6-8-17)29-24(34)20(28)13-18-9-11-19(33)12-10-18/h4-12,16,20-23,32-33H,3,13-15,28H2,1-2H3,(H,29,34)(H,30,36)(H,31,35)(H,37,38). The molecule has 0 spiro atoms. The van der Waals surface area contributed by atoms with Crippen molar-refractivity contribution < 1.29 is 34.5 Å². The number of benzene rings is 2. The van der Waals surface area contributed by atoms with E-state index in [0.29, 0.717) is 6.42 Å². The molecule has 11 heteroatoms. The maximum absolute atomic E-state index is 13.4. The van der Waals surface area contributed by atoms with Gasteiger partial charge in [-0.05, 0) is 35.6 Å². The maximum Gasteiger partial charge on any atom is 0.328 e. The van der Waals surface area contributed by atoms with Gasteiger partial charge in [0.1, 0.15) is 23.9 Å². The Morgan fingerprint density at radius 3 is 1.95 bits per heavy atom. The third-order valence-electron chi connectivity index (χ3n) is 6.23. The molecule has 0 bridgehead atoms. The number of aliphatic carboxylic acids is 1. The fourth-order valence-corrected chi connectivity index (χ4v) is 3.72. The van der Waals surface area contributed by atoms with E-state index in [1.165, 1.54) is 12.1 Å². The molecule has 0 aliphatic heterocycles. The number of carboxylic acids is 1. The van der Waals surface area contributed by atoms with Crippen LogP contribution in [0.1, 0.15) is 31.4 Å². The van der Waals surface area contributed by atoms with Crippen LogP contribution in [0, 0.1) is 5.92 Å². The van der Waals surface area contributed by atoms with Gasteiger partial charge in [0.05, 0.1) is 12.6 Å². The number of amides is 3. The van der Waals surface area contributed by atoms with E-state index < -0.39 is 54.5 Å². The van der Waals surface area contributed by atoms with Gasteiger partial charge in [-0.15, -0.1) is 0 Å². The molecule has 8 N–H and O–H groups in total. The molecule has 2 aromatic rings. The molecule has 0 radical (unpaired) electrons. The van der Waals surface area contributed by atoms with Gasteiger partial charge in [-0.2, -0.15) is 0 Å². The molecule has 0 saturated carbocycles. The summed E-state index contributed by atoms with van der Waals surface area (Å²) in [6, 6.07) is 10.5. The Balaban J connectivity index is 2.21. The third-order valence-corrected chi connectivity index (χ3v) is 6.23. The fraction of sp³-hybridized carbons (Fsp3) is 0.407. The first-order valence-corrected chi connectivity index (χ1v) is 12.4. The Hall–Kier alpha value is -3.96. The van der Waals surface area contributed by atoms with Gasteiger partial charge in [-0.3, -0.25) is 14.4 Å². The maximum atomic E-state index is 13.4. The summed E-state index contributed by atoms with van der Waals surface area (Å²) in [5, 5.41) is 35.5. The van der Waals surface area contributed by atoms with Crippen molar-refractivity contribution in [3.63, 3.8) is 0 Å². The molecule has 5 atom stereocenters. The lowest BCUT2D eigenvalue weighted by atomic mass is 9.96. The molecule has 0 aromatic heterocycles. The van der Waals surface area contributed by atoms with Crippen LogP contribution in [0.25, 0.3) is 0 Å². The van der Waals surface area contributed by atoms with Gasteiger partial charge < -0.3 is 37.0 Å². The number of hydrogen-bond donors (Lipinski definition) is 7. The van der Waals surface area contributed by atoms with Crippen LogP contribution in [0.4, 0.5) is 0 Å². The highest BCUT2D eigenvalue weighted by Gasteiger charge is 2.32. The summed E-state index contributed by atoms with van der Waals surface area (Å²) in [5.74, 6) is -3.69. The SMILES string of the molecule is CCC(C)C(NC(=O)C(Cc1ccccc1)NC(=O)C(N)Cc1ccc(O)cc1)C(=O)NC(CO)C(=O)O. The summed E-state index contributed by atoms with van der Waals surface area (Å²) in [6.07, 6.45) is 0.775. The average Bonchev–Trinajstić information content (AvgIpc) is 2.90. The number of carbonyl (C=O) groups is 4. The second-order valence-corrected chi connectivity index (χ2v) is 9.18. The highest BCUT2D eigenvalue weighted by Crippen LogP contribution is 2.13. The van der Waals surface area contributed by atoms with Crippen molar-refractivity contribution >= 4 is 23.7 Å². The van der Waals surface area contributed by atoms with Crippen molar-refractivity contribution in [2.45, 2.75) is 57.3 Å². The predicted octanol–water partition coefficient (Wildman–Crippen LogP) is 0.0821. The van der Waals surface area contributed by atoms with E-state index >= 15 is 0 Å². The monoisotopic (exact) mass is 528 g/mol. The van der Waals surface area contributed by atoms with E-state index in [-0.39, 0.29) is 24.5 Å². The van der Waals surface area contributed by atoms with Crippen molar-refractivity contribution in [3.8, 4) is 5.75 Å². The summed E-state index contributed by atoms with van der Waals surface area (Å²) in [7, 11) is 0. The van der Waals surface area contributed by atoms with Crippen LogP contribution in [0.3, 0.4) is 0 Å². The van der Waals surface area contributed by atoms with E-state index in [9.17, 15) is 34.5 Å². The van der Waals surface area contributed by atoms with E-state index in [1.807, 2.05) is 13.0 Å². The number of nitrogens with two attached hydrogens (primary N) is 1. The number of nitrogens with one attached hydrogen (secondary N) is 3. The van der Waals surface area contributed by atoms with Gasteiger partial charge >= 0.3 is 5.97 Å². The highest BCUT2D eigenvalue weighted by atomic mass is 16.4. The highest BCUT2D eigenvalue weighted by molar-refractivity contribution is 5.94. The number of carboxylic acid groups (broad SMARTS) is 1. The largest absolute Gasteiger partial charge is 0.508 e. The zero-order chi connectivity index (χ0) is 28.2. The molecule has 0 aliphatic carbocycles. The lowest BCUT2D eigenvalue weighted by Gasteiger charge is -2.28. The molecule has 0 fully saturated rings. The Labute approximate surface area is 221 Å². The number of aromatic hydroxyl groups is 1. The summed E-state index contributed by atoms with van der Waals surface area (Å²) >= 11 is 0. The molecular weight excluding hydrogens is 492 g/mol. The van der Waals surface area contributed by atoms with Gasteiger partial charge in [0.25, 0.3) is 0 Å². The average molecular weight is 529 g/mol. The van der Waals surface area contributed by atoms with Gasteiger partial charge in [0.2, 0.25) is 17.7 Å². The Bertz CT molecular complexity index is 1080. The van der Waals surface area contributed by atoms with Crippen LogP contribution in [0.2, 0.25) is 0 Å². The van der Waals surface area contributed by atoms with Crippen LogP contribution in [0.5, 0.6) is 5.75 Å². The van der Waals surface area contributed by atoms with E-state index in [2.05, 4.69) is 16.0 Å². The molecule has 0 heterocycles. The minimum atomic E-state index is -1.52. The number of carbonyl (C=O) groups excluding carboxylic acids is 3. The molecule has 2 rings (SSSR count). The van der Waals surface area contributed by atoms with Crippen molar-refractivity contribution in [1.29, 1.82) is 0 Å². The Morgan fingerprint density at radius 2 is 1.39 bits per heavy atom. The minimum Gasteiger partial charge on any atom is -0.508 e. The number of phenols is 1. The van der Waals surface area contributed by atoms with Gasteiger partial charge in [-0.1, -0.05) is 62.7 Å². The quantitative estimate of drug-likeness (QED) is 0.179. The molecule has 0 saturated heterocycles. The molecule has 38 heavy (non-hydrogen) atoms. The van der Waals surface area contributed by atoms with Crippen molar-refractivity contribution in [1.82, 2.24) is 16.0 Å². The predicted molar refractivity (Wildman–Crippen MR) is 140 cm³/mol. The minimum absolute atomic E-state index is 0.0833. The first-order valence-electron chi connectivity index (χ1n) is 12.4. The molecule has 11 nitrogen and oxygen atoms in total. The molecule has 206 valence electrons. The van der Waals surface area contributed by atoms with Gasteiger partial charge in [0.15, 0.2) is 0 Å². The van der Waals surface area contributed by atoms with Crippen LogP contribution in [-0.4, -0.2) is 69.8 Å². The van der Waals surface area contributed by atoms with Gasteiger partial charge in [0, 0.05) is 6.42 Å². The molecule has 5 unspecified atom stereocenters.